The summed E-state index contributed by atoms with van der Waals surface area (Å²) in [6, 6.07) is 0. The Morgan fingerprint density at radius 3 is 2.50 bits per heavy atom. The lowest BCUT2D eigenvalue weighted by molar-refractivity contribution is 0.187. The van der Waals surface area contributed by atoms with Crippen LogP contribution in [0.2, 0.25) is 0 Å². The highest BCUT2D eigenvalue weighted by Crippen LogP contribution is 2.11. The first kappa shape index (κ1) is 13.3. The van der Waals surface area contributed by atoms with Gasteiger partial charge >= 0.3 is 0 Å². The fourth-order valence-electron chi connectivity index (χ4n) is 1.17. The van der Waals surface area contributed by atoms with Crippen molar-refractivity contribution in [2.24, 2.45) is 0 Å². The molecule has 1 unspecified atom stereocenters. The van der Waals surface area contributed by atoms with Crippen LogP contribution in [0.1, 0.15) is 27.2 Å². The number of hydrogen-bond donors (Lipinski definition) is 0. The monoisotopic (exact) mass is 214 g/mol. The molecule has 0 aliphatic carbocycles. The van der Waals surface area contributed by atoms with Crippen molar-refractivity contribution in [2.45, 2.75) is 33.3 Å². The summed E-state index contributed by atoms with van der Waals surface area (Å²) in [5.74, 6) is 0.557. The maximum atomic E-state index is 5.61. The van der Waals surface area contributed by atoms with E-state index in [-0.39, 0.29) is 6.10 Å². The Labute approximate surface area is 92.1 Å². The summed E-state index contributed by atoms with van der Waals surface area (Å²) in [6.45, 7) is 9.73. The SMILES string of the molecule is C=COC(C=C(C)C)C/C(C)=C/CCl. The number of alkyl halides is 1. The molecule has 80 valence electrons. The first-order valence-corrected chi connectivity index (χ1v) is 5.26. The number of halogens is 1. The number of hydrogen-bond acceptors (Lipinski definition) is 1. The molecule has 14 heavy (non-hydrogen) atoms. The van der Waals surface area contributed by atoms with Gasteiger partial charge < -0.3 is 4.74 Å². The molecule has 0 saturated heterocycles. The molecule has 0 fully saturated rings. The predicted octanol–water partition coefficient (Wildman–Crippen LogP) is 4.06. The van der Waals surface area contributed by atoms with Crippen LogP contribution in [0.3, 0.4) is 0 Å². The Bertz CT molecular complexity index is 224. The molecule has 0 radical (unpaired) electrons. The number of rotatable bonds is 6. The highest BCUT2D eigenvalue weighted by Gasteiger charge is 2.04. The van der Waals surface area contributed by atoms with E-state index in [1.54, 1.807) is 0 Å². The summed E-state index contributed by atoms with van der Waals surface area (Å²) < 4.78 is 5.37. The standard InChI is InChI=1S/C12H19ClO/c1-5-14-12(8-10(2)3)9-11(4)6-7-13/h5-6,8,12H,1,7,9H2,2-4H3/b11-6+. The van der Waals surface area contributed by atoms with E-state index in [0.717, 1.165) is 6.42 Å². The van der Waals surface area contributed by atoms with Gasteiger partial charge in [0.25, 0.3) is 0 Å². The molecular weight excluding hydrogens is 196 g/mol. The Hall–Kier alpha value is -0.690. The molecule has 0 aromatic carbocycles. The van der Waals surface area contributed by atoms with E-state index >= 15 is 0 Å². The molecule has 0 aliphatic rings. The van der Waals surface area contributed by atoms with Crippen LogP contribution in [-0.4, -0.2) is 12.0 Å². The van der Waals surface area contributed by atoms with Gasteiger partial charge in [-0.25, -0.2) is 0 Å². The lowest BCUT2D eigenvalue weighted by Gasteiger charge is -2.13. The van der Waals surface area contributed by atoms with Crippen molar-refractivity contribution in [1.82, 2.24) is 0 Å². The van der Waals surface area contributed by atoms with E-state index in [1.165, 1.54) is 17.4 Å². The molecule has 1 nitrogen and oxygen atoms in total. The summed E-state index contributed by atoms with van der Waals surface area (Å²) >= 11 is 5.61. The molecule has 1 atom stereocenters. The van der Waals surface area contributed by atoms with Crippen LogP contribution in [-0.2, 0) is 4.74 Å². The van der Waals surface area contributed by atoms with Crippen molar-refractivity contribution < 1.29 is 4.74 Å². The second-order valence-corrected chi connectivity index (χ2v) is 3.80. The zero-order chi connectivity index (χ0) is 11.0. The van der Waals surface area contributed by atoms with Crippen molar-refractivity contribution >= 4 is 11.6 Å². The van der Waals surface area contributed by atoms with Crippen LogP contribution in [0.4, 0.5) is 0 Å². The third-order valence-corrected chi connectivity index (χ3v) is 1.89. The second-order valence-electron chi connectivity index (χ2n) is 3.49. The second kappa shape index (κ2) is 7.69. The third-order valence-electron chi connectivity index (χ3n) is 1.74. The molecule has 0 aromatic rings. The molecule has 0 aliphatic heterocycles. The molecule has 0 heterocycles. The number of allylic oxidation sites excluding steroid dienone is 2. The highest BCUT2D eigenvalue weighted by atomic mass is 35.5. The van der Waals surface area contributed by atoms with Crippen LogP contribution >= 0.6 is 11.6 Å². The fourth-order valence-corrected chi connectivity index (χ4v) is 1.44. The molecule has 0 bridgehead atoms. The van der Waals surface area contributed by atoms with Gasteiger partial charge in [0.2, 0.25) is 0 Å². The predicted molar refractivity (Wildman–Crippen MR) is 63.6 cm³/mol. The van der Waals surface area contributed by atoms with Crippen LogP contribution in [0, 0.1) is 0 Å². The minimum atomic E-state index is 0.0805. The van der Waals surface area contributed by atoms with Gasteiger partial charge in [0, 0.05) is 12.3 Å². The summed E-state index contributed by atoms with van der Waals surface area (Å²) in [4.78, 5) is 0. The average molecular weight is 215 g/mol. The minimum Gasteiger partial charge on any atom is -0.494 e. The summed E-state index contributed by atoms with van der Waals surface area (Å²) in [5.41, 5.74) is 2.49. The average Bonchev–Trinajstić information content (AvgIpc) is 2.03. The zero-order valence-electron chi connectivity index (χ0n) is 9.22. The van der Waals surface area contributed by atoms with E-state index in [1.807, 2.05) is 6.08 Å². The van der Waals surface area contributed by atoms with Gasteiger partial charge in [0.1, 0.15) is 6.10 Å². The normalized spacial score (nSPS) is 13.3. The largest absolute Gasteiger partial charge is 0.494 e. The van der Waals surface area contributed by atoms with Gasteiger partial charge in [-0.05, 0) is 26.8 Å². The summed E-state index contributed by atoms with van der Waals surface area (Å²) in [7, 11) is 0. The molecule has 2 heteroatoms. The van der Waals surface area contributed by atoms with Crippen molar-refractivity contribution in [3.63, 3.8) is 0 Å². The molecule has 0 rings (SSSR count). The van der Waals surface area contributed by atoms with Gasteiger partial charge in [0.15, 0.2) is 0 Å². The van der Waals surface area contributed by atoms with Gasteiger partial charge in [-0.1, -0.05) is 23.8 Å². The quantitative estimate of drug-likeness (QED) is 0.368. The van der Waals surface area contributed by atoms with Crippen molar-refractivity contribution in [3.05, 3.63) is 36.1 Å². The third kappa shape index (κ3) is 6.79. The van der Waals surface area contributed by atoms with Gasteiger partial charge in [-0.3, -0.25) is 0 Å². The Morgan fingerprint density at radius 2 is 2.07 bits per heavy atom. The van der Waals surface area contributed by atoms with Crippen LogP contribution < -0.4 is 0 Å². The maximum absolute atomic E-state index is 5.61. The Balaban J connectivity index is 4.29. The molecule has 0 N–H and O–H groups in total. The smallest absolute Gasteiger partial charge is 0.120 e. The molecule has 0 saturated carbocycles. The first-order chi connectivity index (χ1) is 6.60. The zero-order valence-corrected chi connectivity index (χ0v) is 9.97. The summed E-state index contributed by atoms with van der Waals surface area (Å²) in [5, 5.41) is 0. The molecule has 0 spiro atoms. The number of ether oxygens (including phenoxy) is 1. The van der Waals surface area contributed by atoms with E-state index in [4.69, 9.17) is 16.3 Å². The molecule has 0 amide bonds. The van der Waals surface area contributed by atoms with E-state index in [9.17, 15) is 0 Å². The molecule has 0 aromatic heterocycles. The lowest BCUT2D eigenvalue weighted by Crippen LogP contribution is -2.07. The van der Waals surface area contributed by atoms with Crippen LogP contribution in [0.5, 0.6) is 0 Å². The first-order valence-electron chi connectivity index (χ1n) is 4.73. The molecular formula is C12H19ClO. The topological polar surface area (TPSA) is 9.23 Å². The Kier molecular flexibility index (Phi) is 7.31. The van der Waals surface area contributed by atoms with E-state index < -0.39 is 0 Å². The van der Waals surface area contributed by atoms with E-state index in [0.29, 0.717) is 5.88 Å². The van der Waals surface area contributed by atoms with Gasteiger partial charge in [-0.15, -0.1) is 11.6 Å². The Morgan fingerprint density at radius 1 is 1.43 bits per heavy atom. The van der Waals surface area contributed by atoms with Crippen molar-refractivity contribution in [3.8, 4) is 0 Å². The maximum Gasteiger partial charge on any atom is 0.120 e. The van der Waals surface area contributed by atoms with Gasteiger partial charge in [-0.2, -0.15) is 0 Å². The minimum absolute atomic E-state index is 0.0805. The van der Waals surface area contributed by atoms with E-state index in [2.05, 4.69) is 33.4 Å². The fraction of sp³-hybridized carbons (Fsp3) is 0.500. The summed E-state index contributed by atoms with van der Waals surface area (Å²) in [6.07, 6.45) is 6.52. The van der Waals surface area contributed by atoms with Crippen molar-refractivity contribution in [2.75, 3.05) is 5.88 Å². The van der Waals surface area contributed by atoms with Crippen molar-refractivity contribution in [1.29, 1.82) is 0 Å². The highest BCUT2D eigenvalue weighted by molar-refractivity contribution is 6.18. The lowest BCUT2D eigenvalue weighted by atomic mass is 10.1. The van der Waals surface area contributed by atoms with Crippen LogP contribution in [0.25, 0.3) is 0 Å². The van der Waals surface area contributed by atoms with Gasteiger partial charge in [0.05, 0.1) is 6.26 Å². The van der Waals surface area contributed by atoms with Crippen LogP contribution in [0.15, 0.2) is 36.1 Å².